The first-order chi connectivity index (χ1) is 10.3. The molecular formula is C10H3F9N2O2. The number of aromatic amines is 1. The van der Waals surface area contributed by atoms with Crippen molar-refractivity contribution in [2.75, 3.05) is 0 Å². The summed E-state index contributed by atoms with van der Waals surface area (Å²) in [6.45, 7) is 0. The van der Waals surface area contributed by atoms with Crippen LogP contribution in [0.25, 0.3) is 11.0 Å². The van der Waals surface area contributed by atoms with Crippen LogP contribution >= 0.6 is 0 Å². The Morgan fingerprint density at radius 3 is 1.87 bits per heavy atom. The van der Waals surface area contributed by atoms with Gasteiger partial charge in [-0.2, -0.15) is 13.2 Å². The molecule has 4 nitrogen and oxygen atoms in total. The van der Waals surface area contributed by atoms with Crippen LogP contribution < -0.4 is 9.47 Å². The number of aromatic nitrogens is 2. The second kappa shape index (κ2) is 5.09. The van der Waals surface area contributed by atoms with E-state index in [0.717, 1.165) is 0 Å². The highest BCUT2D eigenvalue weighted by Crippen LogP contribution is 2.41. The number of ether oxygens (including phenoxy) is 2. The van der Waals surface area contributed by atoms with Gasteiger partial charge in [0, 0.05) is 0 Å². The zero-order valence-electron chi connectivity index (χ0n) is 10.3. The summed E-state index contributed by atoms with van der Waals surface area (Å²) in [5.41, 5.74) is -1.73. The molecule has 2 rings (SSSR count). The lowest BCUT2D eigenvalue weighted by Crippen LogP contribution is -2.21. The Morgan fingerprint density at radius 1 is 0.826 bits per heavy atom. The minimum atomic E-state index is -5.48. The summed E-state index contributed by atoms with van der Waals surface area (Å²) in [4.78, 5) is 4.44. The van der Waals surface area contributed by atoms with Gasteiger partial charge in [-0.1, -0.05) is 0 Å². The maximum Gasteiger partial charge on any atom is 0.573 e. The van der Waals surface area contributed by atoms with Crippen molar-refractivity contribution < 1.29 is 49.0 Å². The highest BCUT2D eigenvalue weighted by atomic mass is 19.4. The van der Waals surface area contributed by atoms with Crippen molar-refractivity contribution in [3.05, 3.63) is 18.0 Å². The fourth-order valence-electron chi connectivity index (χ4n) is 1.59. The molecule has 128 valence electrons. The van der Waals surface area contributed by atoms with E-state index in [1.54, 1.807) is 4.98 Å². The van der Waals surface area contributed by atoms with Crippen LogP contribution in [-0.2, 0) is 6.18 Å². The number of fused-ring (bicyclic) bond motifs is 1. The van der Waals surface area contributed by atoms with Crippen LogP contribution in [-0.4, -0.2) is 22.7 Å². The van der Waals surface area contributed by atoms with Crippen molar-refractivity contribution in [1.29, 1.82) is 0 Å². The van der Waals surface area contributed by atoms with Gasteiger partial charge < -0.3 is 14.5 Å². The van der Waals surface area contributed by atoms with E-state index in [4.69, 9.17) is 0 Å². The molecule has 0 bridgehead atoms. The maximum atomic E-state index is 12.5. The summed E-state index contributed by atoms with van der Waals surface area (Å²) < 4.78 is 118. The summed E-state index contributed by atoms with van der Waals surface area (Å²) >= 11 is 0. The number of nitrogens with zero attached hydrogens (tertiary/aromatic N) is 1. The quantitative estimate of drug-likeness (QED) is 0.815. The SMILES string of the molecule is FC(F)(F)Oc1ccc2[nH]c(C(F)(F)F)nc2c1OC(F)(F)F. The molecule has 0 spiro atoms. The average molecular weight is 354 g/mol. The highest BCUT2D eigenvalue weighted by Gasteiger charge is 2.40. The second-order valence-electron chi connectivity index (χ2n) is 3.97. The van der Waals surface area contributed by atoms with Gasteiger partial charge in [-0.05, 0) is 12.1 Å². The molecule has 0 saturated carbocycles. The Balaban J connectivity index is 2.64. The van der Waals surface area contributed by atoms with Gasteiger partial charge in [-0.25, -0.2) is 4.98 Å². The molecule has 0 amide bonds. The van der Waals surface area contributed by atoms with E-state index in [0.29, 0.717) is 12.1 Å². The van der Waals surface area contributed by atoms with Crippen LogP contribution in [0, 0.1) is 0 Å². The van der Waals surface area contributed by atoms with Gasteiger partial charge >= 0.3 is 18.9 Å². The summed E-state index contributed by atoms with van der Waals surface area (Å²) in [6.07, 6.45) is -15.9. The Morgan fingerprint density at radius 2 is 1.39 bits per heavy atom. The third-order valence-corrected chi connectivity index (χ3v) is 2.28. The molecule has 23 heavy (non-hydrogen) atoms. The van der Waals surface area contributed by atoms with Crippen LogP contribution in [0.4, 0.5) is 39.5 Å². The van der Waals surface area contributed by atoms with E-state index in [9.17, 15) is 39.5 Å². The smallest absolute Gasteiger partial charge is 0.402 e. The van der Waals surface area contributed by atoms with Crippen LogP contribution in [0.5, 0.6) is 11.5 Å². The van der Waals surface area contributed by atoms with E-state index in [2.05, 4.69) is 14.5 Å². The van der Waals surface area contributed by atoms with Crippen LogP contribution in [0.3, 0.4) is 0 Å². The van der Waals surface area contributed by atoms with Crippen molar-refractivity contribution in [2.45, 2.75) is 18.9 Å². The molecule has 0 fully saturated rings. The Hall–Kier alpha value is -2.34. The van der Waals surface area contributed by atoms with Gasteiger partial charge in [0.25, 0.3) is 0 Å². The molecule has 13 heteroatoms. The summed E-state index contributed by atoms with van der Waals surface area (Å²) in [7, 11) is 0. The van der Waals surface area contributed by atoms with Crippen molar-refractivity contribution >= 4 is 11.0 Å². The minimum absolute atomic E-state index is 0.370. The molecule has 0 aliphatic heterocycles. The molecule has 0 aliphatic carbocycles. The molecule has 0 radical (unpaired) electrons. The van der Waals surface area contributed by atoms with Gasteiger partial charge in [0.1, 0.15) is 5.52 Å². The van der Waals surface area contributed by atoms with Gasteiger partial charge in [-0.3, -0.25) is 0 Å². The standard InChI is InChI=1S/C10H3F9N2O2/c11-8(12,13)7-20-3-1-2-4(22-9(14,15)16)6(5(3)21-7)23-10(17,18)19/h1-2H,(H,20,21). The average Bonchev–Trinajstić information content (AvgIpc) is 2.72. The number of hydrogen-bond acceptors (Lipinski definition) is 3. The number of benzene rings is 1. The van der Waals surface area contributed by atoms with Crippen LogP contribution in [0.1, 0.15) is 5.82 Å². The van der Waals surface area contributed by atoms with E-state index in [1.165, 1.54) is 0 Å². The monoisotopic (exact) mass is 354 g/mol. The third-order valence-electron chi connectivity index (χ3n) is 2.28. The molecule has 2 aromatic rings. The zero-order chi connectivity index (χ0) is 17.6. The molecule has 0 aliphatic rings. The zero-order valence-corrected chi connectivity index (χ0v) is 10.3. The first-order valence-electron chi connectivity index (χ1n) is 5.38. The fraction of sp³-hybridized carbons (Fsp3) is 0.300. The van der Waals surface area contributed by atoms with Crippen LogP contribution in [0.15, 0.2) is 12.1 Å². The predicted octanol–water partition coefficient (Wildman–Crippen LogP) is 4.38. The molecule has 0 saturated heterocycles. The molecule has 1 aromatic carbocycles. The van der Waals surface area contributed by atoms with E-state index < -0.39 is 47.3 Å². The number of hydrogen-bond donors (Lipinski definition) is 1. The van der Waals surface area contributed by atoms with E-state index in [1.807, 2.05) is 0 Å². The first-order valence-corrected chi connectivity index (χ1v) is 5.38. The lowest BCUT2D eigenvalue weighted by molar-refractivity contribution is -0.286. The van der Waals surface area contributed by atoms with Crippen LogP contribution in [0.2, 0.25) is 0 Å². The lowest BCUT2D eigenvalue weighted by Gasteiger charge is -2.15. The molecular weight excluding hydrogens is 351 g/mol. The number of nitrogens with one attached hydrogen (secondary N) is 1. The van der Waals surface area contributed by atoms with Gasteiger partial charge in [0.2, 0.25) is 5.82 Å². The number of alkyl halides is 9. The second-order valence-corrected chi connectivity index (χ2v) is 3.97. The van der Waals surface area contributed by atoms with Crippen molar-refractivity contribution in [3.63, 3.8) is 0 Å². The third kappa shape index (κ3) is 4.10. The van der Waals surface area contributed by atoms with Crippen molar-refractivity contribution in [2.24, 2.45) is 0 Å². The minimum Gasteiger partial charge on any atom is -0.402 e. The van der Waals surface area contributed by atoms with E-state index >= 15 is 0 Å². The molecule has 0 atom stereocenters. The number of H-pyrrole nitrogens is 1. The first kappa shape index (κ1) is 17.0. The molecule has 1 heterocycles. The topological polar surface area (TPSA) is 47.1 Å². The largest absolute Gasteiger partial charge is 0.573 e. The number of rotatable bonds is 2. The number of halogens is 9. The molecule has 1 aromatic heterocycles. The Kier molecular flexibility index (Phi) is 3.77. The molecule has 1 N–H and O–H groups in total. The van der Waals surface area contributed by atoms with E-state index in [-0.39, 0.29) is 0 Å². The van der Waals surface area contributed by atoms with Gasteiger partial charge in [0.15, 0.2) is 11.5 Å². The Bertz CT molecular complexity index is 714. The summed E-state index contributed by atoms with van der Waals surface area (Å²) in [5.74, 6) is -4.83. The Labute approximate surface area is 119 Å². The van der Waals surface area contributed by atoms with Crippen molar-refractivity contribution in [3.8, 4) is 11.5 Å². The summed E-state index contributed by atoms with van der Waals surface area (Å²) in [6, 6.07) is 1.01. The fourth-order valence-corrected chi connectivity index (χ4v) is 1.59. The van der Waals surface area contributed by atoms with Gasteiger partial charge in [0.05, 0.1) is 5.52 Å². The predicted molar refractivity (Wildman–Crippen MR) is 54.5 cm³/mol. The lowest BCUT2D eigenvalue weighted by atomic mass is 10.2. The number of imidazole rings is 1. The maximum absolute atomic E-state index is 12.5. The summed E-state index contributed by atoms with van der Waals surface area (Å²) in [5, 5.41) is 0. The van der Waals surface area contributed by atoms with Crippen molar-refractivity contribution in [1.82, 2.24) is 9.97 Å². The molecule has 0 unspecified atom stereocenters. The highest BCUT2D eigenvalue weighted by molar-refractivity contribution is 5.85. The normalized spacial score (nSPS) is 13.4. The van der Waals surface area contributed by atoms with Gasteiger partial charge in [-0.15, -0.1) is 26.3 Å².